The third kappa shape index (κ3) is 3.41. The fourth-order valence-corrected chi connectivity index (χ4v) is 4.24. The van der Waals surface area contributed by atoms with Crippen molar-refractivity contribution in [3.8, 4) is 11.3 Å². The second kappa shape index (κ2) is 7.68. The van der Waals surface area contributed by atoms with Gasteiger partial charge in [0.1, 0.15) is 5.82 Å². The molecule has 30 heavy (non-hydrogen) atoms. The average Bonchev–Trinajstić information content (AvgIpc) is 3.20. The van der Waals surface area contributed by atoms with E-state index in [0.717, 1.165) is 66.2 Å². The molecule has 8 nitrogen and oxygen atoms in total. The molecule has 2 aliphatic heterocycles. The lowest BCUT2D eigenvalue weighted by atomic mass is 9.99. The second-order valence-electron chi connectivity index (χ2n) is 8.07. The first kappa shape index (κ1) is 19.0. The molecule has 156 valence electrons. The quantitative estimate of drug-likeness (QED) is 0.691. The van der Waals surface area contributed by atoms with Crippen molar-refractivity contribution < 1.29 is 9.53 Å². The van der Waals surface area contributed by atoms with Crippen molar-refractivity contribution in [2.45, 2.75) is 33.1 Å². The Balaban J connectivity index is 1.52. The van der Waals surface area contributed by atoms with Crippen LogP contribution in [0.4, 0.5) is 11.6 Å². The number of benzene rings is 1. The molecule has 2 N–H and O–H groups in total. The molecule has 0 spiro atoms. The lowest BCUT2D eigenvalue weighted by Crippen LogP contribution is -2.44. The Kier molecular flexibility index (Phi) is 4.86. The molecule has 1 amide bonds. The van der Waals surface area contributed by atoms with Crippen LogP contribution in [-0.4, -0.2) is 52.1 Å². The van der Waals surface area contributed by atoms with Crippen molar-refractivity contribution in [2.75, 3.05) is 36.5 Å². The summed E-state index contributed by atoms with van der Waals surface area (Å²) in [4.78, 5) is 32.0. The van der Waals surface area contributed by atoms with E-state index in [9.17, 15) is 4.79 Å². The molecule has 0 atom stereocenters. The molecule has 1 saturated heterocycles. The summed E-state index contributed by atoms with van der Waals surface area (Å²) in [6.45, 7) is 6.57. The molecule has 1 aromatic carbocycles. The summed E-state index contributed by atoms with van der Waals surface area (Å²) in [5.74, 6) is 2.72. The zero-order chi connectivity index (χ0) is 20.7. The molecule has 4 heterocycles. The number of aromatic nitrogens is 4. The third-order valence-electron chi connectivity index (χ3n) is 5.96. The number of hydrogen-bond acceptors (Lipinski definition) is 6. The molecule has 8 heteroatoms. The molecule has 0 bridgehead atoms. The van der Waals surface area contributed by atoms with E-state index in [1.165, 1.54) is 0 Å². The predicted octanol–water partition coefficient (Wildman–Crippen LogP) is 3.08. The number of nitrogens with zero attached hydrogens (tertiary/aromatic N) is 4. The van der Waals surface area contributed by atoms with Gasteiger partial charge in [0.05, 0.1) is 29.5 Å². The molecule has 0 aliphatic carbocycles. The van der Waals surface area contributed by atoms with Crippen LogP contribution in [0.25, 0.3) is 22.3 Å². The van der Waals surface area contributed by atoms with Crippen molar-refractivity contribution in [3.63, 3.8) is 0 Å². The van der Waals surface area contributed by atoms with Crippen LogP contribution in [-0.2, 0) is 16.0 Å². The van der Waals surface area contributed by atoms with E-state index in [1.54, 1.807) is 11.1 Å². The molecule has 5 rings (SSSR count). The van der Waals surface area contributed by atoms with Crippen LogP contribution in [0.5, 0.6) is 0 Å². The van der Waals surface area contributed by atoms with E-state index in [2.05, 4.69) is 46.2 Å². The first-order valence-corrected chi connectivity index (χ1v) is 10.6. The van der Waals surface area contributed by atoms with Gasteiger partial charge < -0.3 is 15.0 Å². The van der Waals surface area contributed by atoms with Crippen LogP contribution >= 0.6 is 0 Å². The molecule has 2 aliphatic rings. The molecule has 0 radical (unpaired) electrons. The van der Waals surface area contributed by atoms with Gasteiger partial charge in [0.25, 0.3) is 0 Å². The second-order valence-corrected chi connectivity index (χ2v) is 8.07. The SMILES string of the molecule is CCc1nc2c(C)cc(-c3cnc4c(n3)N(CC3CCOCC3)C(=O)CN4)cc2[nH]1. The van der Waals surface area contributed by atoms with Gasteiger partial charge in [-0.25, -0.2) is 15.0 Å². The number of imidazole rings is 1. The van der Waals surface area contributed by atoms with E-state index < -0.39 is 0 Å². The van der Waals surface area contributed by atoms with Gasteiger partial charge in [-0.1, -0.05) is 6.92 Å². The van der Waals surface area contributed by atoms with Crippen molar-refractivity contribution >= 4 is 28.6 Å². The Labute approximate surface area is 175 Å². The number of nitrogens with one attached hydrogen (secondary N) is 2. The van der Waals surface area contributed by atoms with Gasteiger partial charge in [-0.15, -0.1) is 0 Å². The summed E-state index contributed by atoms with van der Waals surface area (Å²) in [7, 11) is 0. The highest BCUT2D eigenvalue weighted by atomic mass is 16.5. The van der Waals surface area contributed by atoms with Crippen LogP contribution in [0.1, 0.15) is 31.2 Å². The number of amides is 1. The summed E-state index contributed by atoms with van der Waals surface area (Å²) in [6.07, 6.45) is 4.56. The standard InChI is InChI=1S/C22H26N6O2/c1-3-18-25-16-9-15(8-13(2)20(16)27-18)17-10-23-21-22(26-17)28(19(29)11-24-21)12-14-4-6-30-7-5-14/h8-10,14H,3-7,11-12H2,1-2H3,(H,23,24)(H,25,27). The molecular weight excluding hydrogens is 380 g/mol. The van der Waals surface area contributed by atoms with Crippen molar-refractivity contribution in [1.82, 2.24) is 19.9 Å². The summed E-state index contributed by atoms with van der Waals surface area (Å²) in [5.41, 5.74) is 4.78. The average molecular weight is 406 g/mol. The number of aryl methyl sites for hydroxylation is 2. The Bertz CT molecular complexity index is 1100. The summed E-state index contributed by atoms with van der Waals surface area (Å²) in [5, 5.41) is 3.10. The third-order valence-corrected chi connectivity index (χ3v) is 5.96. The number of hydrogen-bond donors (Lipinski definition) is 2. The first-order chi connectivity index (χ1) is 14.6. The van der Waals surface area contributed by atoms with E-state index in [0.29, 0.717) is 24.1 Å². The van der Waals surface area contributed by atoms with Gasteiger partial charge in [0.2, 0.25) is 5.91 Å². The summed E-state index contributed by atoms with van der Waals surface area (Å²) < 4.78 is 5.47. The molecule has 0 unspecified atom stereocenters. The highest BCUT2D eigenvalue weighted by molar-refractivity contribution is 6.01. The number of carbonyl (C=O) groups excluding carboxylic acids is 1. The number of H-pyrrole nitrogens is 1. The number of carbonyl (C=O) groups is 1. The molecular formula is C22H26N6O2. The van der Waals surface area contributed by atoms with Crippen LogP contribution in [0.3, 0.4) is 0 Å². The van der Waals surface area contributed by atoms with Crippen LogP contribution in [0, 0.1) is 12.8 Å². The highest BCUT2D eigenvalue weighted by Crippen LogP contribution is 2.32. The maximum atomic E-state index is 12.7. The Morgan fingerprint density at radius 2 is 2.07 bits per heavy atom. The van der Waals surface area contributed by atoms with Gasteiger partial charge in [-0.05, 0) is 43.4 Å². The smallest absolute Gasteiger partial charge is 0.247 e. The zero-order valence-electron chi connectivity index (χ0n) is 17.4. The lowest BCUT2D eigenvalue weighted by molar-refractivity contribution is -0.117. The highest BCUT2D eigenvalue weighted by Gasteiger charge is 2.30. The van der Waals surface area contributed by atoms with Crippen LogP contribution < -0.4 is 10.2 Å². The Morgan fingerprint density at radius 1 is 1.23 bits per heavy atom. The minimum Gasteiger partial charge on any atom is -0.381 e. The summed E-state index contributed by atoms with van der Waals surface area (Å²) >= 11 is 0. The van der Waals surface area contributed by atoms with Gasteiger partial charge in [0, 0.05) is 31.7 Å². The van der Waals surface area contributed by atoms with E-state index in [1.807, 2.05) is 0 Å². The summed E-state index contributed by atoms with van der Waals surface area (Å²) in [6, 6.07) is 4.14. The fourth-order valence-electron chi connectivity index (χ4n) is 4.24. The molecule has 3 aromatic rings. The Hall–Kier alpha value is -3.00. The maximum Gasteiger partial charge on any atom is 0.247 e. The van der Waals surface area contributed by atoms with E-state index >= 15 is 0 Å². The zero-order valence-corrected chi connectivity index (χ0v) is 17.4. The van der Waals surface area contributed by atoms with E-state index in [-0.39, 0.29) is 12.5 Å². The maximum absolute atomic E-state index is 12.7. The predicted molar refractivity (Wildman–Crippen MR) is 116 cm³/mol. The van der Waals surface area contributed by atoms with Crippen molar-refractivity contribution in [1.29, 1.82) is 0 Å². The van der Waals surface area contributed by atoms with Crippen molar-refractivity contribution in [2.24, 2.45) is 5.92 Å². The van der Waals surface area contributed by atoms with Gasteiger partial charge >= 0.3 is 0 Å². The minimum atomic E-state index is 0.0354. The largest absolute Gasteiger partial charge is 0.381 e. The van der Waals surface area contributed by atoms with Gasteiger partial charge in [-0.2, -0.15) is 0 Å². The fraction of sp³-hybridized carbons (Fsp3) is 0.455. The topological polar surface area (TPSA) is 96.0 Å². The van der Waals surface area contributed by atoms with Crippen LogP contribution in [0.2, 0.25) is 0 Å². The molecule has 1 fully saturated rings. The number of aromatic amines is 1. The lowest BCUT2D eigenvalue weighted by Gasteiger charge is -2.32. The van der Waals surface area contributed by atoms with Gasteiger partial charge in [0.15, 0.2) is 11.6 Å². The van der Waals surface area contributed by atoms with E-state index in [4.69, 9.17) is 9.72 Å². The number of ether oxygens (including phenoxy) is 1. The monoisotopic (exact) mass is 406 g/mol. The Morgan fingerprint density at radius 3 is 2.87 bits per heavy atom. The van der Waals surface area contributed by atoms with Gasteiger partial charge in [-0.3, -0.25) is 9.69 Å². The molecule has 0 saturated carbocycles. The molecule has 2 aromatic heterocycles. The van der Waals surface area contributed by atoms with Crippen LogP contribution in [0.15, 0.2) is 18.3 Å². The number of anilines is 2. The first-order valence-electron chi connectivity index (χ1n) is 10.6. The van der Waals surface area contributed by atoms with Crippen molar-refractivity contribution in [3.05, 3.63) is 29.7 Å². The minimum absolute atomic E-state index is 0.0354. The number of rotatable bonds is 4. The number of fused-ring (bicyclic) bond motifs is 2. The normalized spacial score (nSPS) is 17.3.